The van der Waals surface area contributed by atoms with Crippen LogP contribution in [0.25, 0.3) is 21.9 Å². The fraction of sp³-hybridized carbons (Fsp3) is 0.250. The lowest BCUT2D eigenvalue weighted by molar-refractivity contribution is 0.0696. The Balaban J connectivity index is 2.41. The third kappa shape index (κ3) is 3.06. The molecule has 0 unspecified atom stereocenters. The van der Waals surface area contributed by atoms with Gasteiger partial charge in [-0.2, -0.15) is 0 Å². The van der Waals surface area contributed by atoms with Crippen molar-refractivity contribution in [3.8, 4) is 5.75 Å². The van der Waals surface area contributed by atoms with Crippen LogP contribution in [0.3, 0.4) is 0 Å². The quantitative estimate of drug-likeness (QED) is 0.549. The van der Waals surface area contributed by atoms with Gasteiger partial charge in [-0.1, -0.05) is 6.92 Å². The van der Waals surface area contributed by atoms with Crippen LogP contribution in [0.4, 0.5) is 0 Å². The van der Waals surface area contributed by atoms with Crippen molar-refractivity contribution in [1.82, 2.24) is 0 Å². The molecular weight excluding hydrogens is 336 g/mol. The molecule has 6 heteroatoms. The molecule has 0 atom stereocenters. The van der Waals surface area contributed by atoms with E-state index in [1.165, 1.54) is 24.3 Å². The van der Waals surface area contributed by atoms with Crippen molar-refractivity contribution in [2.45, 2.75) is 33.3 Å². The summed E-state index contributed by atoms with van der Waals surface area (Å²) in [6.45, 7) is 5.41. The molecule has 0 spiro atoms. The number of ether oxygens (including phenoxy) is 1. The molecule has 0 radical (unpaired) electrons. The number of carboxylic acids is 1. The highest BCUT2D eigenvalue weighted by molar-refractivity contribution is 6.08. The second-order valence-electron chi connectivity index (χ2n) is 6.24. The number of benzene rings is 2. The topological polar surface area (TPSA) is 93.8 Å². The maximum absolute atomic E-state index is 12.9. The monoisotopic (exact) mass is 354 g/mol. The van der Waals surface area contributed by atoms with Gasteiger partial charge in [-0.25, -0.2) is 4.79 Å². The number of hydrogen-bond acceptors (Lipinski definition) is 5. The summed E-state index contributed by atoms with van der Waals surface area (Å²) < 4.78 is 11.5. The molecule has 6 nitrogen and oxygen atoms in total. The molecule has 134 valence electrons. The highest BCUT2D eigenvalue weighted by Crippen LogP contribution is 2.28. The van der Waals surface area contributed by atoms with Crippen molar-refractivity contribution >= 4 is 33.7 Å². The Morgan fingerprint density at radius 3 is 2.50 bits per heavy atom. The second kappa shape index (κ2) is 6.63. The molecule has 0 aliphatic carbocycles. The number of aromatic carboxylic acids is 1. The second-order valence-corrected chi connectivity index (χ2v) is 6.24. The molecule has 1 heterocycles. The minimum absolute atomic E-state index is 0.0106. The summed E-state index contributed by atoms with van der Waals surface area (Å²) in [5, 5.41) is 9.48. The predicted octanol–water partition coefficient (Wildman–Crippen LogP) is 4.02. The number of Topliss-reactive ketones (excluding diaryl/α,β-unsaturated/α-hetero) is 1. The van der Waals surface area contributed by atoms with Crippen LogP contribution in [0.1, 0.15) is 47.9 Å². The third-order valence-electron chi connectivity index (χ3n) is 3.98. The first kappa shape index (κ1) is 17.7. The molecule has 0 amide bonds. The smallest absolute Gasteiger partial charge is 0.335 e. The average Bonchev–Trinajstić information content (AvgIpc) is 2.60. The number of fused-ring (bicyclic) bond motifs is 2. The summed E-state index contributed by atoms with van der Waals surface area (Å²) in [5.74, 6) is -0.913. The van der Waals surface area contributed by atoms with E-state index in [-0.39, 0.29) is 51.4 Å². The van der Waals surface area contributed by atoms with Gasteiger partial charge < -0.3 is 14.3 Å². The van der Waals surface area contributed by atoms with Crippen LogP contribution in [0.5, 0.6) is 5.75 Å². The Hall–Kier alpha value is -3.15. The number of rotatable bonds is 5. The number of ketones is 1. The first-order chi connectivity index (χ1) is 12.3. The van der Waals surface area contributed by atoms with Crippen molar-refractivity contribution in [3.05, 3.63) is 51.7 Å². The fourth-order valence-corrected chi connectivity index (χ4v) is 2.80. The van der Waals surface area contributed by atoms with Crippen molar-refractivity contribution in [1.29, 1.82) is 0 Å². The Morgan fingerprint density at radius 1 is 1.15 bits per heavy atom. The van der Waals surface area contributed by atoms with Gasteiger partial charge in [-0.3, -0.25) is 9.59 Å². The standard InChI is InChI=1S/C20H18O6/c1-4-16(21)13-8-12(25-10(2)3)9-15-18(22)14-7-11(20(23)24)5-6-17(14)26-19(13)15/h5-10H,4H2,1-3H3,(H,23,24). The number of carboxylic acid groups (broad SMARTS) is 1. The first-order valence-corrected chi connectivity index (χ1v) is 8.29. The molecule has 0 fully saturated rings. The van der Waals surface area contributed by atoms with Crippen LogP contribution in [0.2, 0.25) is 0 Å². The van der Waals surface area contributed by atoms with Crippen LogP contribution < -0.4 is 10.2 Å². The van der Waals surface area contributed by atoms with Crippen LogP contribution in [-0.2, 0) is 0 Å². The van der Waals surface area contributed by atoms with Gasteiger partial charge >= 0.3 is 5.97 Å². The Morgan fingerprint density at radius 2 is 1.88 bits per heavy atom. The zero-order chi connectivity index (χ0) is 19.0. The molecule has 1 aromatic heterocycles. The van der Waals surface area contributed by atoms with E-state index in [1.807, 2.05) is 13.8 Å². The van der Waals surface area contributed by atoms with E-state index in [0.29, 0.717) is 5.75 Å². The van der Waals surface area contributed by atoms with Gasteiger partial charge in [-0.15, -0.1) is 0 Å². The van der Waals surface area contributed by atoms with Crippen LogP contribution in [0.15, 0.2) is 39.5 Å². The maximum atomic E-state index is 12.9. The van der Waals surface area contributed by atoms with Gasteiger partial charge in [-0.05, 0) is 44.2 Å². The maximum Gasteiger partial charge on any atom is 0.335 e. The molecule has 1 N–H and O–H groups in total. The zero-order valence-electron chi connectivity index (χ0n) is 14.7. The summed E-state index contributed by atoms with van der Waals surface area (Å²) in [6, 6.07) is 7.17. The molecule has 0 saturated carbocycles. The van der Waals surface area contributed by atoms with Crippen molar-refractivity contribution in [3.63, 3.8) is 0 Å². The average molecular weight is 354 g/mol. The molecule has 3 rings (SSSR count). The summed E-state index contributed by atoms with van der Waals surface area (Å²) in [7, 11) is 0. The number of hydrogen-bond donors (Lipinski definition) is 1. The summed E-state index contributed by atoms with van der Waals surface area (Å²) in [5.41, 5.74) is 0.290. The molecule has 2 aromatic carbocycles. The van der Waals surface area contributed by atoms with Crippen LogP contribution in [-0.4, -0.2) is 23.0 Å². The van der Waals surface area contributed by atoms with Crippen LogP contribution in [0, 0.1) is 0 Å². The van der Waals surface area contributed by atoms with E-state index in [9.17, 15) is 14.4 Å². The van der Waals surface area contributed by atoms with Gasteiger partial charge in [0.05, 0.1) is 28.0 Å². The van der Waals surface area contributed by atoms with Gasteiger partial charge in [0.1, 0.15) is 16.9 Å². The Kier molecular flexibility index (Phi) is 4.50. The van der Waals surface area contributed by atoms with Gasteiger partial charge in [0.25, 0.3) is 0 Å². The fourth-order valence-electron chi connectivity index (χ4n) is 2.80. The molecule has 3 aromatic rings. The molecular formula is C20H18O6. The SMILES string of the molecule is CCC(=O)c1cc(OC(C)C)cc2c(=O)c3cc(C(=O)O)ccc3oc12. The van der Waals surface area contributed by atoms with E-state index < -0.39 is 11.4 Å². The summed E-state index contributed by atoms with van der Waals surface area (Å²) in [4.78, 5) is 36.5. The van der Waals surface area contributed by atoms with Gasteiger partial charge in [0.2, 0.25) is 5.43 Å². The Bertz CT molecular complexity index is 1090. The van der Waals surface area contributed by atoms with Crippen molar-refractivity contribution in [2.24, 2.45) is 0 Å². The lowest BCUT2D eigenvalue weighted by atomic mass is 10.0. The van der Waals surface area contributed by atoms with Gasteiger partial charge in [0, 0.05) is 6.42 Å². The lowest BCUT2D eigenvalue weighted by Crippen LogP contribution is -2.10. The first-order valence-electron chi connectivity index (χ1n) is 8.29. The van der Waals surface area contributed by atoms with E-state index in [1.54, 1.807) is 13.0 Å². The van der Waals surface area contributed by atoms with E-state index in [0.717, 1.165) is 0 Å². The molecule has 0 aliphatic heterocycles. The number of carbonyl (C=O) groups is 2. The normalized spacial score (nSPS) is 11.2. The van der Waals surface area contributed by atoms with Crippen LogP contribution >= 0.6 is 0 Å². The predicted molar refractivity (Wildman–Crippen MR) is 97.3 cm³/mol. The molecule has 0 saturated heterocycles. The summed E-state index contributed by atoms with van der Waals surface area (Å²) >= 11 is 0. The molecule has 26 heavy (non-hydrogen) atoms. The molecule has 0 bridgehead atoms. The minimum atomic E-state index is -1.13. The Labute approximate surface area is 149 Å². The lowest BCUT2D eigenvalue weighted by Gasteiger charge is -2.13. The van der Waals surface area contributed by atoms with Crippen molar-refractivity contribution < 1.29 is 23.8 Å². The molecule has 0 aliphatic rings. The van der Waals surface area contributed by atoms with E-state index in [4.69, 9.17) is 14.3 Å². The summed E-state index contributed by atoms with van der Waals surface area (Å²) in [6.07, 6.45) is 0.114. The zero-order valence-corrected chi connectivity index (χ0v) is 14.7. The van der Waals surface area contributed by atoms with Crippen molar-refractivity contribution in [2.75, 3.05) is 0 Å². The number of carbonyl (C=O) groups excluding carboxylic acids is 1. The largest absolute Gasteiger partial charge is 0.491 e. The third-order valence-corrected chi connectivity index (χ3v) is 3.98. The van der Waals surface area contributed by atoms with E-state index in [2.05, 4.69) is 0 Å². The van der Waals surface area contributed by atoms with Gasteiger partial charge in [0.15, 0.2) is 5.78 Å². The van der Waals surface area contributed by atoms with E-state index >= 15 is 0 Å². The minimum Gasteiger partial charge on any atom is -0.491 e. The highest BCUT2D eigenvalue weighted by Gasteiger charge is 2.18. The highest BCUT2D eigenvalue weighted by atomic mass is 16.5.